The summed E-state index contributed by atoms with van der Waals surface area (Å²) in [6.45, 7) is 4.96. The molecule has 0 aromatic heterocycles. The number of hydrogen-bond acceptors (Lipinski definition) is 6. The van der Waals surface area contributed by atoms with Crippen LogP contribution >= 0.6 is 0 Å². The number of halogens is 2. The molecule has 42 heavy (non-hydrogen) atoms. The molecule has 8 atom stereocenters. The van der Waals surface area contributed by atoms with Crippen molar-refractivity contribution in [3.05, 3.63) is 65.2 Å². The lowest BCUT2D eigenvalue weighted by atomic mass is 9.74. The Morgan fingerprint density at radius 1 is 1.14 bits per heavy atom. The molecule has 0 aliphatic carbocycles. The van der Waals surface area contributed by atoms with E-state index in [1.165, 1.54) is 18.2 Å². The molecule has 5 rings (SSSR count). The van der Waals surface area contributed by atoms with Crippen molar-refractivity contribution in [1.29, 1.82) is 0 Å². The summed E-state index contributed by atoms with van der Waals surface area (Å²) in [6.07, 6.45) is 3.65. The maximum atomic E-state index is 15.2. The summed E-state index contributed by atoms with van der Waals surface area (Å²) in [4.78, 5) is 13.7. The van der Waals surface area contributed by atoms with Crippen molar-refractivity contribution in [3.63, 3.8) is 0 Å². The van der Waals surface area contributed by atoms with Gasteiger partial charge in [-0.2, -0.15) is 4.31 Å². The fraction of sp³-hybridized carbons (Fsp3) is 0.581. The maximum absolute atomic E-state index is 15.2. The van der Waals surface area contributed by atoms with E-state index in [9.17, 15) is 17.6 Å². The fourth-order valence-corrected chi connectivity index (χ4v) is 8.87. The third kappa shape index (κ3) is 7.02. The van der Waals surface area contributed by atoms with Gasteiger partial charge in [0.1, 0.15) is 11.6 Å². The van der Waals surface area contributed by atoms with Gasteiger partial charge in [0, 0.05) is 31.1 Å². The number of para-hydroxylation sites is 1. The Bertz CT molecular complexity index is 1350. The third-order valence-electron chi connectivity index (χ3n) is 9.04. The van der Waals surface area contributed by atoms with E-state index in [1.807, 2.05) is 13.8 Å². The first kappa shape index (κ1) is 31.0. The Morgan fingerprint density at radius 2 is 1.86 bits per heavy atom. The molecule has 8 nitrogen and oxygen atoms in total. The molecule has 11 heteroatoms. The van der Waals surface area contributed by atoms with Gasteiger partial charge in [-0.25, -0.2) is 17.2 Å². The van der Waals surface area contributed by atoms with E-state index in [0.29, 0.717) is 50.8 Å². The SMILES string of the molecule is C[C@@H]1C[C@H]([C@H](c2ccc(F)cc2)[C@H](N)C(=O)Nc2c(F)cccc2CC[C@H]2CN[C@@H]3CCCS(=O)(=O)N2C3)C[C@H](C)O1. The molecular formula is C31H42F2N4O4S. The minimum atomic E-state index is -3.35. The minimum absolute atomic E-state index is 0.00764. The number of carbonyl (C=O) groups is 1. The summed E-state index contributed by atoms with van der Waals surface area (Å²) < 4.78 is 62.3. The van der Waals surface area contributed by atoms with Crippen molar-refractivity contribution in [2.75, 3.05) is 24.2 Å². The molecule has 2 bridgehead atoms. The van der Waals surface area contributed by atoms with Crippen LogP contribution in [0.3, 0.4) is 0 Å². The average molecular weight is 605 g/mol. The Kier molecular flexibility index (Phi) is 9.63. The topological polar surface area (TPSA) is 114 Å². The molecular weight excluding hydrogens is 562 g/mol. The first-order valence-corrected chi connectivity index (χ1v) is 16.6. The van der Waals surface area contributed by atoms with Crippen LogP contribution in [0.15, 0.2) is 42.5 Å². The van der Waals surface area contributed by atoms with Crippen molar-refractivity contribution in [3.8, 4) is 0 Å². The number of sulfonamides is 1. The molecule has 4 N–H and O–H groups in total. The van der Waals surface area contributed by atoms with E-state index < -0.39 is 33.7 Å². The number of amides is 1. The number of nitrogens with two attached hydrogens (primary N) is 1. The van der Waals surface area contributed by atoms with E-state index in [2.05, 4.69) is 10.6 Å². The number of ether oxygens (including phenoxy) is 1. The van der Waals surface area contributed by atoms with Crippen LogP contribution in [0.4, 0.5) is 14.5 Å². The second kappa shape index (κ2) is 13.1. The highest BCUT2D eigenvalue weighted by Gasteiger charge is 2.39. The van der Waals surface area contributed by atoms with E-state index in [0.717, 1.165) is 12.0 Å². The molecule has 230 valence electrons. The molecule has 0 spiro atoms. The monoisotopic (exact) mass is 604 g/mol. The molecule has 1 amide bonds. The Morgan fingerprint density at radius 3 is 2.57 bits per heavy atom. The van der Waals surface area contributed by atoms with Crippen molar-refractivity contribution in [2.24, 2.45) is 11.7 Å². The zero-order valence-corrected chi connectivity index (χ0v) is 25.1. The number of carbonyl (C=O) groups excluding carboxylic acids is 1. The number of nitrogens with one attached hydrogen (secondary N) is 2. The predicted molar refractivity (Wildman–Crippen MR) is 159 cm³/mol. The van der Waals surface area contributed by atoms with Crippen molar-refractivity contribution < 1.29 is 26.7 Å². The molecule has 3 fully saturated rings. The van der Waals surface area contributed by atoms with E-state index >= 15 is 4.39 Å². The molecule has 2 aromatic rings. The quantitative estimate of drug-likeness (QED) is 0.421. The number of piperazine rings is 1. The van der Waals surface area contributed by atoms with Gasteiger partial charge in [0.05, 0.1) is 29.7 Å². The smallest absolute Gasteiger partial charge is 0.242 e. The zero-order valence-electron chi connectivity index (χ0n) is 24.3. The van der Waals surface area contributed by atoms with Gasteiger partial charge >= 0.3 is 0 Å². The van der Waals surface area contributed by atoms with Gasteiger partial charge in [-0.05, 0) is 87.6 Å². The largest absolute Gasteiger partial charge is 0.376 e. The average Bonchev–Trinajstić information content (AvgIpc) is 3.05. The van der Waals surface area contributed by atoms with Crippen LogP contribution < -0.4 is 16.4 Å². The number of hydrogen-bond donors (Lipinski definition) is 3. The summed E-state index contributed by atoms with van der Waals surface area (Å²) in [6, 6.07) is 9.55. The Balaban J connectivity index is 1.34. The Hall–Kier alpha value is -2.44. The van der Waals surface area contributed by atoms with Crippen molar-refractivity contribution in [1.82, 2.24) is 9.62 Å². The lowest BCUT2D eigenvalue weighted by molar-refractivity contribution is -0.119. The van der Waals surface area contributed by atoms with E-state index in [1.54, 1.807) is 28.6 Å². The number of nitrogens with zero attached hydrogens (tertiary/aromatic N) is 1. The van der Waals surface area contributed by atoms with Gasteiger partial charge in [0.15, 0.2) is 0 Å². The zero-order chi connectivity index (χ0) is 30.0. The first-order valence-electron chi connectivity index (χ1n) is 15.0. The van der Waals surface area contributed by atoms with Crippen molar-refractivity contribution in [2.45, 2.75) is 88.6 Å². The summed E-state index contributed by atoms with van der Waals surface area (Å²) in [7, 11) is -3.35. The van der Waals surface area contributed by atoms with E-state index in [4.69, 9.17) is 10.5 Å². The highest BCUT2D eigenvalue weighted by Crippen LogP contribution is 2.39. The molecule has 0 radical (unpaired) electrons. The van der Waals surface area contributed by atoms with Crippen LogP contribution in [0.2, 0.25) is 0 Å². The third-order valence-corrected chi connectivity index (χ3v) is 11.0. The van der Waals surface area contributed by atoms with Gasteiger partial charge < -0.3 is 21.1 Å². The number of fused-ring (bicyclic) bond motifs is 2. The van der Waals surface area contributed by atoms with Gasteiger partial charge in [-0.15, -0.1) is 0 Å². The Labute approximate surface area is 247 Å². The molecule has 2 aromatic carbocycles. The highest BCUT2D eigenvalue weighted by atomic mass is 32.2. The minimum Gasteiger partial charge on any atom is -0.376 e. The van der Waals surface area contributed by atoms with Gasteiger partial charge in [0.25, 0.3) is 0 Å². The maximum Gasteiger partial charge on any atom is 0.242 e. The number of benzene rings is 2. The van der Waals surface area contributed by atoms with Crippen LogP contribution in [0, 0.1) is 17.6 Å². The van der Waals surface area contributed by atoms with Crippen LogP contribution in [0.25, 0.3) is 0 Å². The van der Waals surface area contributed by atoms with Crippen LogP contribution in [0.1, 0.15) is 63.0 Å². The molecule has 3 saturated heterocycles. The standard InChI is InChI=1S/C31H42F2N4O4S/c1-19-15-23(16-20(2)41-19)28(21-8-11-24(32)12-9-21)29(34)31(38)36-30-22(5-3-7-27(30)33)10-13-26-17-35-25-6-4-14-42(39,40)37(26)18-25/h3,5,7-9,11-12,19-20,23,25-26,28-29,35H,4,6,10,13-18,34H2,1-2H3,(H,36,38)/t19-,20+,23+,25-,26+,28+,29+/m1/s1. The lowest BCUT2D eigenvalue weighted by Crippen LogP contribution is -2.57. The number of aryl methyl sites for hydroxylation is 1. The second-order valence-electron chi connectivity index (χ2n) is 12.2. The van der Waals surface area contributed by atoms with Gasteiger partial charge in [0.2, 0.25) is 15.9 Å². The summed E-state index contributed by atoms with van der Waals surface area (Å²) in [5, 5.41) is 6.23. The normalized spacial score (nSPS) is 30.6. The fourth-order valence-electron chi connectivity index (χ4n) is 7.06. The van der Waals surface area contributed by atoms with Crippen molar-refractivity contribution >= 4 is 21.6 Å². The lowest BCUT2D eigenvalue weighted by Gasteiger charge is -2.39. The van der Waals surface area contributed by atoms with Gasteiger partial charge in [-0.3, -0.25) is 4.79 Å². The first-order chi connectivity index (χ1) is 20.0. The highest BCUT2D eigenvalue weighted by molar-refractivity contribution is 7.89. The summed E-state index contributed by atoms with van der Waals surface area (Å²) >= 11 is 0. The van der Waals surface area contributed by atoms with Crippen LogP contribution in [0.5, 0.6) is 0 Å². The number of rotatable bonds is 8. The summed E-state index contributed by atoms with van der Waals surface area (Å²) in [5.41, 5.74) is 8.03. The second-order valence-corrected chi connectivity index (χ2v) is 14.2. The summed E-state index contributed by atoms with van der Waals surface area (Å²) in [5.74, 6) is -1.77. The molecule has 0 saturated carbocycles. The number of anilines is 1. The molecule has 3 aliphatic rings. The molecule has 1 unspecified atom stereocenters. The predicted octanol–water partition coefficient (Wildman–Crippen LogP) is 3.92. The molecule has 3 aliphatic heterocycles. The van der Waals surface area contributed by atoms with E-state index in [-0.39, 0.29) is 47.5 Å². The molecule has 3 heterocycles. The van der Waals surface area contributed by atoms with Crippen LogP contribution in [-0.4, -0.2) is 67.8 Å². The van der Waals surface area contributed by atoms with Crippen LogP contribution in [-0.2, 0) is 26.0 Å². The van der Waals surface area contributed by atoms with Gasteiger partial charge in [-0.1, -0.05) is 24.3 Å².